The highest BCUT2D eigenvalue weighted by molar-refractivity contribution is 6.28. The van der Waals surface area contributed by atoms with Gasteiger partial charge < -0.3 is 0 Å². The molecule has 4 heteroatoms. The average molecular weight is 274 g/mol. The number of rotatable bonds is 2. The predicted octanol–water partition coefficient (Wildman–Crippen LogP) is 3.96. The first kappa shape index (κ1) is 11.5. The third-order valence-electron chi connectivity index (χ3n) is 4.72. The second-order valence-electron chi connectivity index (χ2n) is 5.77. The molecule has 0 radical (unpaired) electrons. The van der Waals surface area contributed by atoms with Crippen LogP contribution < -0.4 is 0 Å². The molecule has 2 saturated carbocycles. The number of nitrogens with zero attached hydrogens (tertiary/aromatic N) is 3. The van der Waals surface area contributed by atoms with Gasteiger partial charge in [0.25, 0.3) is 0 Å². The number of hydrogen-bond acceptors (Lipinski definition) is 2. The van der Waals surface area contributed by atoms with Crippen LogP contribution in [0.3, 0.4) is 0 Å². The highest BCUT2D eigenvalue weighted by atomic mass is 35.5. The van der Waals surface area contributed by atoms with Crippen LogP contribution in [0.5, 0.6) is 0 Å². The molecule has 19 heavy (non-hydrogen) atoms. The number of aromatic nitrogens is 3. The van der Waals surface area contributed by atoms with Gasteiger partial charge in [-0.1, -0.05) is 36.8 Å². The molecule has 1 aromatic carbocycles. The average Bonchev–Trinajstić information content (AvgIpc) is 3.14. The molecule has 2 bridgehead atoms. The SMILES string of the molecule is Clc1nnc(-c2ccccc2)n1C1CC2CCC1C2. The Morgan fingerprint density at radius 1 is 1.05 bits per heavy atom. The molecule has 2 fully saturated rings. The van der Waals surface area contributed by atoms with Crippen molar-refractivity contribution in [3.8, 4) is 11.4 Å². The van der Waals surface area contributed by atoms with Crippen LogP contribution >= 0.6 is 11.6 Å². The van der Waals surface area contributed by atoms with Gasteiger partial charge in [0.2, 0.25) is 5.28 Å². The summed E-state index contributed by atoms with van der Waals surface area (Å²) in [5.74, 6) is 2.57. The third-order valence-corrected chi connectivity index (χ3v) is 4.98. The lowest BCUT2D eigenvalue weighted by molar-refractivity contribution is 0.331. The minimum Gasteiger partial charge on any atom is -0.294 e. The van der Waals surface area contributed by atoms with Crippen LogP contribution in [-0.2, 0) is 0 Å². The molecule has 2 aromatic rings. The highest BCUT2D eigenvalue weighted by Gasteiger charge is 2.42. The minimum atomic E-state index is 0.497. The summed E-state index contributed by atoms with van der Waals surface area (Å²) >= 11 is 6.30. The zero-order valence-electron chi connectivity index (χ0n) is 10.7. The van der Waals surface area contributed by atoms with Crippen LogP contribution in [0.2, 0.25) is 5.28 Å². The fraction of sp³-hybridized carbons (Fsp3) is 0.467. The maximum atomic E-state index is 6.30. The molecule has 0 N–H and O–H groups in total. The zero-order valence-corrected chi connectivity index (χ0v) is 11.4. The first-order valence-electron chi connectivity index (χ1n) is 6.99. The molecule has 0 saturated heterocycles. The van der Waals surface area contributed by atoms with Gasteiger partial charge in [0.05, 0.1) is 0 Å². The Hall–Kier alpha value is -1.35. The van der Waals surface area contributed by atoms with Crippen LogP contribution in [0, 0.1) is 11.8 Å². The lowest BCUT2D eigenvalue weighted by Gasteiger charge is -2.24. The molecule has 1 heterocycles. The van der Waals surface area contributed by atoms with Crippen molar-refractivity contribution in [3.63, 3.8) is 0 Å². The topological polar surface area (TPSA) is 30.7 Å². The maximum Gasteiger partial charge on any atom is 0.225 e. The normalized spacial score (nSPS) is 29.0. The number of hydrogen-bond donors (Lipinski definition) is 0. The van der Waals surface area contributed by atoms with E-state index in [4.69, 9.17) is 11.6 Å². The predicted molar refractivity (Wildman–Crippen MR) is 75.0 cm³/mol. The Bertz CT molecular complexity index is 593. The van der Waals surface area contributed by atoms with Crippen molar-refractivity contribution in [3.05, 3.63) is 35.6 Å². The van der Waals surface area contributed by atoms with Gasteiger partial charge in [-0.3, -0.25) is 4.57 Å². The van der Waals surface area contributed by atoms with Crippen LogP contribution in [0.15, 0.2) is 30.3 Å². The van der Waals surface area contributed by atoms with Crippen molar-refractivity contribution in [1.29, 1.82) is 0 Å². The van der Waals surface area contributed by atoms with E-state index in [2.05, 4.69) is 26.9 Å². The van der Waals surface area contributed by atoms with Crippen molar-refractivity contribution in [2.24, 2.45) is 11.8 Å². The summed E-state index contributed by atoms with van der Waals surface area (Å²) in [6.07, 6.45) is 5.31. The molecule has 2 aliphatic rings. The summed E-state index contributed by atoms with van der Waals surface area (Å²) < 4.78 is 2.17. The van der Waals surface area contributed by atoms with E-state index in [1.807, 2.05) is 18.2 Å². The molecule has 4 rings (SSSR count). The van der Waals surface area contributed by atoms with E-state index >= 15 is 0 Å². The van der Waals surface area contributed by atoms with Gasteiger partial charge in [0.1, 0.15) is 0 Å². The monoisotopic (exact) mass is 273 g/mol. The quantitative estimate of drug-likeness (QED) is 0.829. The van der Waals surface area contributed by atoms with Gasteiger partial charge in [-0.15, -0.1) is 10.2 Å². The van der Waals surface area contributed by atoms with E-state index in [1.165, 1.54) is 25.7 Å². The lowest BCUT2D eigenvalue weighted by Crippen LogP contribution is -2.17. The molecule has 1 aromatic heterocycles. The van der Waals surface area contributed by atoms with Gasteiger partial charge in [-0.25, -0.2) is 0 Å². The Balaban J connectivity index is 1.78. The number of halogens is 1. The third kappa shape index (κ3) is 1.79. The molecule has 3 unspecified atom stereocenters. The maximum absolute atomic E-state index is 6.30. The van der Waals surface area contributed by atoms with E-state index in [1.54, 1.807) is 0 Å². The second-order valence-corrected chi connectivity index (χ2v) is 6.11. The Morgan fingerprint density at radius 2 is 1.89 bits per heavy atom. The first-order valence-corrected chi connectivity index (χ1v) is 7.36. The van der Waals surface area contributed by atoms with Gasteiger partial charge in [-0.05, 0) is 42.7 Å². The van der Waals surface area contributed by atoms with Crippen molar-refractivity contribution in [2.75, 3.05) is 0 Å². The molecule has 2 aliphatic carbocycles. The summed E-state index contributed by atoms with van der Waals surface area (Å²) in [7, 11) is 0. The van der Waals surface area contributed by atoms with Crippen LogP contribution in [0.4, 0.5) is 0 Å². The summed E-state index contributed by atoms with van der Waals surface area (Å²) in [4.78, 5) is 0. The number of fused-ring (bicyclic) bond motifs is 2. The van der Waals surface area contributed by atoms with E-state index in [0.29, 0.717) is 11.3 Å². The highest BCUT2D eigenvalue weighted by Crippen LogP contribution is 2.52. The molecule has 0 spiro atoms. The summed E-state index contributed by atoms with van der Waals surface area (Å²) in [5, 5.41) is 8.93. The Kier molecular flexibility index (Phi) is 2.62. The van der Waals surface area contributed by atoms with Gasteiger partial charge >= 0.3 is 0 Å². The summed E-state index contributed by atoms with van der Waals surface area (Å²) in [5.41, 5.74) is 1.10. The van der Waals surface area contributed by atoms with Crippen molar-refractivity contribution in [2.45, 2.75) is 31.7 Å². The minimum absolute atomic E-state index is 0.497. The van der Waals surface area contributed by atoms with Crippen LogP contribution in [-0.4, -0.2) is 14.8 Å². The molecule has 3 nitrogen and oxygen atoms in total. The number of benzene rings is 1. The Labute approximate surface area is 117 Å². The zero-order chi connectivity index (χ0) is 12.8. The van der Waals surface area contributed by atoms with E-state index in [-0.39, 0.29) is 0 Å². The van der Waals surface area contributed by atoms with Gasteiger partial charge in [-0.2, -0.15) is 0 Å². The molecular formula is C15H16ClN3. The molecule has 0 amide bonds. The smallest absolute Gasteiger partial charge is 0.225 e. The van der Waals surface area contributed by atoms with E-state index < -0.39 is 0 Å². The fourth-order valence-corrected chi connectivity index (χ4v) is 4.12. The van der Waals surface area contributed by atoms with Crippen molar-refractivity contribution < 1.29 is 0 Å². The summed E-state index contributed by atoms with van der Waals surface area (Å²) in [6.45, 7) is 0. The molecule has 3 atom stereocenters. The van der Waals surface area contributed by atoms with Crippen LogP contribution in [0.1, 0.15) is 31.7 Å². The molecule has 0 aliphatic heterocycles. The summed E-state index contributed by atoms with van der Waals surface area (Å²) in [6, 6.07) is 10.7. The fourth-order valence-electron chi connectivity index (χ4n) is 3.88. The van der Waals surface area contributed by atoms with Gasteiger partial charge in [0.15, 0.2) is 5.82 Å². The largest absolute Gasteiger partial charge is 0.294 e. The first-order chi connectivity index (χ1) is 9.33. The van der Waals surface area contributed by atoms with Gasteiger partial charge in [0, 0.05) is 11.6 Å². The van der Waals surface area contributed by atoms with E-state index in [9.17, 15) is 0 Å². The molecule has 98 valence electrons. The lowest BCUT2D eigenvalue weighted by atomic mass is 9.95. The standard InChI is InChI=1S/C15H16ClN3/c16-15-18-17-14(11-4-2-1-3-5-11)19(15)13-9-10-6-7-12(13)8-10/h1-5,10,12-13H,6-9H2. The second kappa shape index (κ2) is 4.34. The van der Waals surface area contributed by atoms with Crippen molar-refractivity contribution >= 4 is 11.6 Å². The molecular weight excluding hydrogens is 258 g/mol. The van der Waals surface area contributed by atoms with Crippen molar-refractivity contribution in [1.82, 2.24) is 14.8 Å². The van der Waals surface area contributed by atoms with E-state index in [0.717, 1.165) is 23.2 Å². The Morgan fingerprint density at radius 3 is 2.58 bits per heavy atom. The van der Waals surface area contributed by atoms with Crippen LogP contribution in [0.25, 0.3) is 11.4 Å².